The number of carbonyl (C=O) groups is 1. The first-order chi connectivity index (χ1) is 16.0. The highest BCUT2D eigenvalue weighted by Crippen LogP contribution is 2.37. The summed E-state index contributed by atoms with van der Waals surface area (Å²) < 4.78 is 0. The van der Waals surface area contributed by atoms with Crippen molar-refractivity contribution in [1.29, 1.82) is 0 Å². The first-order valence-electron chi connectivity index (χ1n) is 11.6. The normalized spacial score (nSPS) is 21.3. The minimum atomic E-state index is -0.314. The minimum Gasteiger partial charge on any atom is -0.374 e. The number of likely N-dealkylation sites (tertiary alicyclic amines) is 1. The Bertz CT molecular complexity index is 1130. The molecule has 1 aromatic carbocycles. The number of piperidine rings is 1. The van der Waals surface area contributed by atoms with Crippen molar-refractivity contribution in [3.63, 3.8) is 0 Å². The third-order valence-corrected chi connectivity index (χ3v) is 7.29. The van der Waals surface area contributed by atoms with Gasteiger partial charge >= 0.3 is 0 Å². The molecule has 2 unspecified atom stereocenters. The van der Waals surface area contributed by atoms with Gasteiger partial charge < -0.3 is 20.1 Å². The lowest BCUT2D eigenvalue weighted by molar-refractivity contribution is -0.133. The van der Waals surface area contributed by atoms with Crippen LogP contribution in [0.1, 0.15) is 32.6 Å². The number of benzene rings is 1. The molecule has 7 nitrogen and oxygen atoms in total. The highest BCUT2D eigenvalue weighted by Gasteiger charge is 2.41. The molecule has 2 aliphatic heterocycles. The van der Waals surface area contributed by atoms with E-state index in [1.807, 2.05) is 29.3 Å². The van der Waals surface area contributed by atoms with Gasteiger partial charge in [0.15, 0.2) is 0 Å². The second kappa shape index (κ2) is 9.39. The number of hydrogen-bond donors (Lipinski definition) is 2. The Morgan fingerprint density at radius 1 is 1.21 bits per heavy atom. The van der Waals surface area contributed by atoms with Crippen molar-refractivity contribution < 1.29 is 4.79 Å². The molecule has 2 saturated heterocycles. The van der Waals surface area contributed by atoms with Crippen molar-refractivity contribution in [2.45, 2.75) is 44.7 Å². The van der Waals surface area contributed by atoms with E-state index in [2.05, 4.69) is 32.1 Å². The lowest BCUT2D eigenvalue weighted by Gasteiger charge is -2.40. The van der Waals surface area contributed by atoms with Crippen molar-refractivity contribution in [2.75, 3.05) is 29.9 Å². The summed E-state index contributed by atoms with van der Waals surface area (Å²) in [6.07, 6.45) is 7.29. The van der Waals surface area contributed by atoms with Gasteiger partial charge in [0.1, 0.15) is 23.8 Å². The fraction of sp³-hybridized carbons (Fsp3) is 0.458. The van der Waals surface area contributed by atoms with E-state index in [-0.39, 0.29) is 18.0 Å². The molecular formula is C24H28Cl2N6O. The highest BCUT2D eigenvalue weighted by molar-refractivity contribution is 6.35. The summed E-state index contributed by atoms with van der Waals surface area (Å²) in [5.41, 5.74) is 1.62. The van der Waals surface area contributed by atoms with E-state index >= 15 is 0 Å². The van der Waals surface area contributed by atoms with E-state index < -0.39 is 0 Å². The van der Waals surface area contributed by atoms with Gasteiger partial charge in [0.2, 0.25) is 5.91 Å². The molecule has 2 aliphatic rings. The number of anilines is 2. The molecule has 174 valence electrons. The number of aromatic amines is 1. The molecular weight excluding hydrogens is 459 g/mol. The second-order valence-electron chi connectivity index (χ2n) is 8.96. The Balaban J connectivity index is 1.35. The first-order valence-corrected chi connectivity index (χ1v) is 12.3. The molecule has 2 fully saturated rings. The molecule has 3 aromatic rings. The van der Waals surface area contributed by atoms with Crippen molar-refractivity contribution in [2.24, 2.45) is 5.92 Å². The summed E-state index contributed by atoms with van der Waals surface area (Å²) in [5.74, 6) is 1.66. The number of H-pyrrole nitrogens is 1. The summed E-state index contributed by atoms with van der Waals surface area (Å²) in [6, 6.07) is 7.29. The minimum absolute atomic E-state index is 0.132. The molecule has 9 heteroatoms. The molecule has 4 heterocycles. The molecule has 0 aliphatic carbocycles. The van der Waals surface area contributed by atoms with Gasteiger partial charge in [0, 0.05) is 41.6 Å². The van der Waals surface area contributed by atoms with Gasteiger partial charge in [-0.1, -0.05) is 36.5 Å². The van der Waals surface area contributed by atoms with Gasteiger partial charge in [-0.15, -0.1) is 0 Å². The quantitative estimate of drug-likeness (QED) is 0.513. The standard InChI is InChI=1S/C24H28Cl2N6O/c1-2-3-20(30-18-11-16(25)10-17(26)12-18)24(33)31-8-5-15-6-9-32(21(15)13-31)23-19-4-7-27-22(19)28-14-29-23/h4,7,10-12,14-15,20-21,30H,2-3,5-6,8-9,13H2,1H3,(H,27,28,29)/t15?,20-,21?/m1/s1. The van der Waals surface area contributed by atoms with Gasteiger partial charge in [0.05, 0.1) is 11.4 Å². The summed E-state index contributed by atoms with van der Waals surface area (Å²) in [7, 11) is 0. The summed E-state index contributed by atoms with van der Waals surface area (Å²) in [5, 5.41) is 5.52. The zero-order valence-electron chi connectivity index (χ0n) is 18.6. The van der Waals surface area contributed by atoms with Crippen molar-refractivity contribution >= 4 is 51.6 Å². The number of carbonyl (C=O) groups excluding carboxylic acids is 1. The molecule has 2 aromatic heterocycles. The zero-order valence-corrected chi connectivity index (χ0v) is 20.1. The van der Waals surface area contributed by atoms with Crippen LogP contribution < -0.4 is 10.2 Å². The van der Waals surface area contributed by atoms with Crippen LogP contribution in [0.15, 0.2) is 36.8 Å². The van der Waals surface area contributed by atoms with Crippen LogP contribution in [0.25, 0.3) is 11.0 Å². The van der Waals surface area contributed by atoms with Gasteiger partial charge in [-0.3, -0.25) is 4.79 Å². The monoisotopic (exact) mass is 486 g/mol. The van der Waals surface area contributed by atoms with Crippen LogP contribution in [0.2, 0.25) is 10.0 Å². The van der Waals surface area contributed by atoms with Gasteiger partial charge in [-0.25, -0.2) is 9.97 Å². The maximum atomic E-state index is 13.6. The average molecular weight is 487 g/mol. The van der Waals surface area contributed by atoms with Crippen LogP contribution in [0.5, 0.6) is 0 Å². The predicted molar refractivity (Wildman–Crippen MR) is 133 cm³/mol. The van der Waals surface area contributed by atoms with Crippen LogP contribution in [0.3, 0.4) is 0 Å². The molecule has 1 amide bonds. The third-order valence-electron chi connectivity index (χ3n) is 6.86. The number of halogens is 2. The lowest BCUT2D eigenvalue weighted by Crippen LogP contribution is -2.53. The summed E-state index contributed by atoms with van der Waals surface area (Å²) in [6.45, 7) is 4.54. The van der Waals surface area contributed by atoms with Gasteiger partial charge in [-0.05, 0) is 49.4 Å². The van der Waals surface area contributed by atoms with E-state index in [0.717, 1.165) is 61.3 Å². The maximum absolute atomic E-state index is 13.6. The molecule has 5 rings (SSSR count). The molecule has 0 bridgehead atoms. The van der Waals surface area contributed by atoms with Gasteiger partial charge in [-0.2, -0.15) is 0 Å². The topological polar surface area (TPSA) is 77.2 Å². The van der Waals surface area contributed by atoms with E-state index in [4.69, 9.17) is 23.2 Å². The maximum Gasteiger partial charge on any atom is 0.245 e. The fourth-order valence-electron chi connectivity index (χ4n) is 5.30. The molecule has 0 spiro atoms. The average Bonchev–Trinajstić information content (AvgIpc) is 3.44. The van der Waals surface area contributed by atoms with Crippen LogP contribution in [-0.4, -0.2) is 57.5 Å². The largest absolute Gasteiger partial charge is 0.374 e. The second-order valence-corrected chi connectivity index (χ2v) is 9.84. The Morgan fingerprint density at radius 3 is 2.79 bits per heavy atom. The first kappa shape index (κ1) is 22.3. The molecule has 2 N–H and O–H groups in total. The Kier molecular flexibility index (Phi) is 6.34. The number of nitrogens with zero attached hydrogens (tertiary/aromatic N) is 4. The molecule has 33 heavy (non-hydrogen) atoms. The highest BCUT2D eigenvalue weighted by atomic mass is 35.5. The molecule has 0 saturated carbocycles. The van der Waals surface area contributed by atoms with Crippen LogP contribution in [-0.2, 0) is 4.79 Å². The molecule has 3 atom stereocenters. The number of rotatable bonds is 6. The van der Waals surface area contributed by atoms with Crippen molar-refractivity contribution in [1.82, 2.24) is 19.9 Å². The van der Waals surface area contributed by atoms with Crippen molar-refractivity contribution in [3.8, 4) is 0 Å². The Labute approximate surface area is 203 Å². The van der Waals surface area contributed by atoms with E-state index in [1.165, 1.54) is 0 Å². The summed E-state index contributed by atoms with van der Waals surface area (Å²) in [4.78, 5) is 30.1. The SMILES string of the molecule is CCC[C@@H](Nc1cc(Cl)cc(Cl)c1)C(=O)N1CCC2CCN(c3ncnc4[nH]ccc34)C2C1. The predicted octanol–water partition coefficient (Wildman–Crippen LogP) is 4.97. The Morgan fingerprint density at radius 2 is 2.00 bits per heavy atom. The Hall–Kier alpha value is -2.51. The molecule has 0 radical (unpaired) electrons. The van der Waals surface area contributed by atoms with Gasteiger partial charge in [0.25, 0.3) is 0 Å². The number of nitrogens with one attached hydrogen (secondary N) is 2. The van der Waals surface area contributed by atoms with Crippen LogP contribution in [0, 0.1) is 5.92 Å². The zero-order chi connectivity index (χ0) is 22.9. The van der Waals surface area contributed by atoms with Crippen LogP contribution in [0.4, 0.5) is 11.5 Å². The van der Waals surface area contributed by atoms with Crippen molar-refractivity contribution in [3.05, 3.63) is 46.8 Å². The number of amides is 1. The van der Waals surface area contributed by atoms with E-state index in [0.29, 0.717) is 22.5 Å². The third kappa shape index (κ3) is 4.49. The number of aromatic nitrogens is 3. The van der Waals surface area contributed by atoms with E-state index in [1.54, 1.807) is 12.4 Å². The lowest BCUT2D eigenvalue weighted by atomic mass is 9.91. The smallest absolute Gasteiger partial charge is 0.245 e. The summed E-state index contributed by atoms with van der Waals surface area (Å²) >= 11 is 12.3. The number of hydrogen-bond acceptors (Lipinski definition) is 5. The van der Waals surface area contributed by atoms with Crippen LogP contribution >= 0.6 is 23.2 Å². The number of fused-ring (bicyclic) bond motifs is 2. The fourth-order valence-corrected chi connectivity index (χ4v) is 5.82. The van der Waals surface area contributed by atoms with E-state index in [9.17, 15) is 4.79 Å².